The second-order valence-corrected chi connectivity index (χ2v) is 7.48. The topological polar surface area (TPSA) is 74.7 Å². The molecule has 31 heavy (non-hydrogen) atoms. The molecule has 0 saturated carbocycles. The molecule has 0 unspecified atom stereocenters. The van der Waals surface area contributed by atoms with Gasteiger partial charge in [-0.25, -0.2) is 9.67 Å². The Kier molecular flexibility index (Phi) is 8.47. The highest BCUT2D eigenvalue weighted by Gasteiger charge is 2.20. The Hall–Kier alpha value is -2.40. The molecule has 166 valence electrons. The van der Waals surface area contributed by atoms with E-state index in [2.05, 4.69) is 56.6 Å². The fourth-order valence-corrected chi connectivity index (χ4v) is 3.65. The van der Waals surface area contributed by atoms with Crippen LogP contribution in [-0.2, 0) is 13.1 Å². The molecule has 0 amide bonds. The summed E-state index contributed by atoms with van der Waals surface area (Å²) in [6.07, 6.45) is 3.74. The van der Waals surface area contributed by atoms with Gasteiger partial charge in [-0.2, -0.15) is 5.10 Å². The summed E-state index contributed by atoms with van der Waals surface area (Å²) in [5.74, 6) is 1.83. The van der Waals surface area contributed by atoms with Crippen molar-refractivity contribution in [2.24, 2.45) is 4.99 Å². The first-order chi connectivity index (χ1) is 14.7. The molecule has 0 spiro atoms. The summed E-state index contributed by atoms with van der Waals surface area (Å²) in [6.45, 7) is 10.2. The number of nitrogens with zero attached hydrogens (tertiary/aromatic N) is 6. The first-order valence-corrected chi connectivity index (χ1v) is 10.5. The minimum atomic E-state index is 0. The number of aromatic nitrogens is 3. The molecule has 3 aromatic rings. The van der Waals surface area contributed by atoms with Crippen LogP contribution in [0.15, 0.2) is 58.3 Å². The summed E-state index contributed by atoms with van der Waals surface area (Å²) in [4.78, 5) is 9.64. The largest absolute Gasteiger partial charge is 0.361 e. The van der Waals surface area contributed by atoms with E-state index >= 15 is 0 Å². The quantitative estimate of drug-likeness (QED) is 0.297. The van der Waals surface area contributed by atoms with Crippen LogP contribution in [0.2, 0.25) is 0 Å². The third kappa shape index (κ3) is 6.30. The first kappa shape index (κ1) is 23.3. The predicted octanol–water partition coefficient (Wildman–Crippen LogP) is 3.07. The highest BCUT2D eigenvalue weighted by Crippen LogP contribution is 2.12. The predicted molar refractivity (Wildman–Crippen MR) is 132 cm³/mol. The molecule has 4 rings (SSSR count). The van der Waals surface area contributed by atoms with Crippen LogP contribution in [0.3, 0.4) is 0 Å². The van der Waals surface area contributed by atoms with E-state index in [0.717, 1.165) is 62.4 Å². The van der Waals surface area contributed by atoms with Gasteiger partial charge in [-0.1, -0.05) is 17.3 Å². The van der Waals surface area contributed by atoms with E-state index in [-0.39, 0.29) is 24.0 Å². The van der Waals surface area contributed by atoms with Crippen molar-refractivity contribution in [3.05, 3.63) is 65.8 Å². The van der Waals surface area contributed by atoms with E-state index < -0.39 is 0 Å². The second kappa shape index (κ2) is 11.3. The number of piperazine rings is 1. The van der Waals surface area contributed by atoms with E-state index in [1.165, 1.54) is 5.56 Å². The van der Waals surface area contributed by atoms with E-state index in [9.17, 15) is 0 Å². The first-order valence-electron chi connectivity index (χ1n) is 10.5. The molecular formula is C22H30IN7O. The molecule has 9 heteroatoms. The molecule has 2 aromatic heterocycles. The summed E-state index contributed by atoms with van der Waals surface area (Å²) in [6, 6.07) is 12.3. The summed E-state index contributed by atoms with van der Waals surface area (Å²) in [7, 11) is 0. The number of benzene rings is 1. The summed E-state index contributed by atoms with van der Waals surface area (Å²) < 4.78 is 7.05. The number of hydrogen-bond donors (Lipinski definition) is 1. The van der Waals surface area contributed by atoms with Gasteiger partial charge in [-0.05, 0) is 37.6 Å². The molecule has 1 aliphatic rings. The lowest BCUT2D eigenvalue weighted by Gasteiger charge is -2.36. The molecule has 1 aliphatic heterocycles. The van der Waals surface area contributed by atoms with E-state index in [1.807, 2.05) is 29.9 Å². The van der Waals surface area contributed by atoms with Crippen molar-refractivity contribution in [1.82, 2.24) is 30.1 Å². The maximum absolute atomic E-state index is 5.18. The third-order valence-corrected chi connectivity index (χ3v) is 5.16. The number of rotatable bonds is 6. The number of aryl methyl sites for hydroxylation is 1. The molecule has 1 saturated heterocycles. The standard InChI is InChI=1S/C22H29N7O.HI/c1-3-23-22(24-16-19-6-4-7-21(15-19)29-9-5-8-25-29)28-12-10-27(11-13-28)17-20-14-18(2)30-26-20;/h4-9,14-15H,3,10-13,16-17H2,1-2H3,(H,23,24);1H. The van der Waals surface area contributed by atoms with Crippen LogP contribution in [0.4, 0.5) is 0 Å². The average Bonchev–Trinajstić information content (AvgIpc) is 3.44. The molecule has 0 bridgehead atoms. The Morgan fingerprint density at radius 2 is 2.00 bits per heavy atom. The summed E-state index contributed by atoms with van der Waals surface area (Å²) in [5.41, 5.74) is 3.21. The highest BCUT2D eigenvalue weighted by molar-refractivity contribution is 14.0. The zero-order chi connectivity index (χ0) is 20.8. The molecular weight excluding hydrogens is 505 g/mol. The van der Waals surface area contributed by atoms with Gasteiger partial charge in [0.05, 0.1) is 17.9 Å². The van der Waals surface area contributed by atoms with Crippen molar-refractivity contribution in [2.45, 2.75) is 26.9 Å². The zero-order valence-corrected chi connectivity index (χ0v) is 20.4. The lowest BCUT2D eigenvalue weighted by atomic mass is 10.2. The van der Waals surface area contributed by atoms with E-state index in [4.69, 9.17) is 9.52 Å². The molecule has 1 N–H and O–H groups in total. The van der Waals surface area contributed by atoms with Crippen LogP contribution in [0.25, 0.3) is 5.69 Å². The fourth-order valence-electron chi connectivity index (χ4n) is 3.65. The summed E-state index contributed by atoms with van der Waals surface area (Å²) >= 11 is 0. The molecule has 1 fully saturated rings. The van der Waals surface area contributed by atoms with Gasteiger partial charge in [0.1, 0.15) is 5.76 Å². The van der Waals surface area contributed by atoms with Gasteiger partial charge >= 0.3 is 0 Å². The number of hydrogen-bond acceptors (Lipinski definition) is 5. The minimum Gasteiger partial charge on any atom is -0.361 e. The van der Waals surface area contributed by atoms with Gasteiger partial charge in [0.15, 0.2) is 5.96 Å². The van der Waals surface area contributed by atoms with Gasteiger partial charge in [0.2, 0.25) is 0 Å². The SMILES string of the molecule is CCNC(=NCc1cccc(-n2cccn2)c1)N1CCN(Cc2cc(C)on2)CC1.I. The zero-order valence-electron chi connectivity index (χ0n) is 18.1. The lowest BCUT2D eigenvalue weighted by Crippen LogP contribution is -2.52. The molecule has 8 nitrogen and oxygen atoms in total. The summed E-state index contributed by atoms with van der Waals surface area (Å²) in [5, 5.41) is 11.9. The monoisotopic (exact) mass is 535 g/mol. The Balaban J connectivity index is 0.00000272. The fraction of sp³-hybridized carbons (Fsp3) is 0.409. The number of guanidine groups is 1. The van der Waals surface area contributed by atoms with Crippen molar-refractivity contribution in [1.29, 1.82) is 0 Å². The number of halogens is 1. The Labute approximate surface area is 200 Å². The van der Waals surface area contributed by atoms with Crippen LogP contribution in [0.1, 0.15) is 23.9 Å². The second-order valence-electron chi connectivity index (χ2n) is 7.48. The lowest BCUT2D eigenvalue weighted by molar-refractivity contribution is 0.169. The maximum atomic E-state index is 5.18. The molecule has 0 radical (unpaired) electrons. The van der Waals surface area contributed by atoms with E-state index in [1.54, 1.807) is 6.20 Å². The van der Waals surface area contributed by atoms with Gasteiger partial charge in [0.25, 0.3) is 0 Å². The van der Waals surface area contributed by atoms with Crippen LogP contribution in [0.5, 0.6) is 0 Å². The Bertz CT molecular complexity index is 962. The van der Waals surface area contributed by atoms with Crippen molar-refractivity contribution >= 4 is 29.9 Å². The smallest absolute Gasteiger partial charge is 0.194 e. The molecule has 3 heterocycles. The van der Waals surface area contributed by atoms with Gasteiger partial charge in [0, 0.05) is 57.7 Å². The minimum absolute atomic E-state index is 0. The normalized spacial score (nSPS) is 15.0. The van der Waals surface area contributed by atoms with Crippen molar-refractivity contribution < 1.29 is 4.52 Å². The highest BCUT2D eigenvalue weighted by atomic mass is 127. The van der Waals surface area contributed by atoms with E-state index in [0.29, 0.717) is 6.54 Å². The van der Waals surface area contributed by atoms with Gasteiger partial charge in [-0.3, -0.25) is 4.90 Å². The Morgan fingerprint density at radius 1 is 1.16 bits per heavy atom. The van der Waals surface area contributed by atoms with Crippen LogP contribution < -0.4 is 5.32 Å². The third-order valence-electron chi connectivity index (χ3n) is 5.16. The van der Waals surface area contributed by atoms with Crippen LogP contribution in [-0.4, -0.2) is 63.4 Å². The Morgan fingerprint density at radius 3 is 2.68 bits per heavy atom. The maximum Gasteiger partial charge on any atom is 0.194 e. The van der Waals surface area contributed by atoms with Crippen molar-refractivity contribution in [2.75, 3.05) is 32.7 Å². The van der Waals surface area contributed by atoms with Crippen molar-refractivity contribution in [3.8, 4) is 5.69 Å². The molecule has 0 aliphatic carbocycles. The van der Waals surface area contributed by atoms with Gasteiger partial charge in [-0.15, -0.1) is 24.0 Å². The van der Waals surface area contributed by atoms with Crippen LogP contribution >= 0.6 is 24.0 Å². The van der Waals surface area contributed by atoms with Crippen molar-refractivity contribution in [3.63, 3.8) is 0 Å². The van der Waals surface area contributed by atoms with Gasteiger partial charge < -0.3 is 14.7 Å². The molecule has 0 atom stereocenters. The van der Waals surface area contributed by atoms with Crippen LogP contribution in [0, 0.1) is 6.92 Å². The number of aliphatic imine (C=N–C) groups is 1. The number of nitrogens with one attached hydrogen (secondary N) is 1. The average molecular weight is 535 g/mol. The molecule has 1 aromatic carbocycles.